The third-order valence-corrected chi connectivity index (χ3v) is 7.21. The molecule has 0 atom stereocenters. The number of hydrogen-bond donors (Lipinski definition) is 1. The summed E-state index contributed by atoms with van der Waals surface area (Å²) in [5, 5.41) is 11.1. The van der Waals surface area contributed by atoms with E-state index in [-0.39, 0.29) is 5.91 Å². The zero-order chi connectivity index (χ0) is 20.3. The molecule has 1 N–H and O–H groups in total. The van der Waals surface area contributed by atoms with E-state index in [1.54, 1.807) is 22.9 Å². The fourth-order valence-corrected chi connectivity index (χ4v) is 5.48. The first-order valence-corrected chi connectivity index (χ1v) is 11.8. The molecule has 0 bridgehead atoms. The summed E-state index contributed by atoms with van der Waals surface area (Å²) < 4.78 is 1.81. The van der Waals surface area contributed by atoms with Crippen molar-refractivity contribution in [3.8, 4) is 16.3 Å². The molecule has 0 unspecified atom stereocenters. The highest BCUT2D eigenvalue weighted by atomic mass is 32.1. The Labute approximate surface area is 182 Å². The third kappa shape index (κ3) is 4.06. The Hall–Kier alpha value is -2.84. The highest BCUT2D eigenvalue weighted by Gasteiger charge is 2.16. The number of rotatable bonds is 6. The lowest BCUT2D eigenvalue weighted by Gasteiger charge is -2.06. The summed E-state index contributed by atoms with van der Waals surface area (Å²) in [5.74, 6) is -0.144. The van der Waals surface area contributed by atoms with E-state index in [1.807, 2.05) is 41.2 Å². The van der Waals surface area contributed by atoms with E-state index in [4.69, 9.17) is 4.98 Å². The van der Waals surface area contributed by atoms with Crippen LogP contribution in [0.3, 0.4) is 0 Å². The Morgan fingerprint density at radius 2 is 2.00 bits per heavy atom. The second-order valence-electron chi connectivity index (χ2n) is 7.24. The van der Waals surface area contributed by atoms with Crippen LogP contribution in [0, 0.1) is 0 Å². The molecule has 1 amide bonds. The maximum atomic E-state index is 12.5. The molecule has 4 aromatic rings. The van der Waals surface area contributed by atoms with Crippen molar-refractivity contribution in [1.29, 1.82) is 0 Å². The molecule has 8 heteroatoms. The highest BCUT2D eigenvalue weighted by Crippen LogP contribution is 2.27. The van der Waals surface area contributed by atoms with Crippen molar-refractivity contribution < 1.29 is 4.79 Å². The van der Waals surface area contributed by atoms with Crippen LogP contribution >= 0.6 is 22.7 Å². The molecule has 30 heavy (non-hydrogen) atoms. The molecule has 152 valence electrons. The van der Waals surface area contributed by atoms with Crippen LogP contribution in [0.2, 0.25) is 0 Å². The number of nitrogens with zero attached hydrogens (tertiary/aromatic N) is 4. The topological polar surface area (TPSA) is 72.7 Å². The molecule has 1 aliphatic rings. The maximum absolute atomic E-state index is 12.5. The van der Waals surface area contributed by atoms with Crippen molar-refractivity contribution >= 4 is 28.6 Å². The first-order chi connectivity index (χ1) is 14.8. The summed E-state index contributed by atoms with van der Waals surface area (Å²) in [7, 11) is 0. The van der Waals surface area contributed by atoms with Gasteiger partial charge in [0.15, 0.2) is 0 Å². The normalized spacial score (nSPS) is 13.2. The standard InChI is InChI=1S/C22H21N5OS2/c28-21(23-11-10-20-25-17-8-4-5-9-19(17)30-20)18-14-29-22(26-18)15-12-24-27(13-15)16-6-2-1-3-7-16/h1-3,6-7,12-14H,4-5,8-11H2,(H,23,28). The number of thiazole rings is 2. The van der Waals surface area contributed by atoms with Crippen LogP contribution in [0.5, 0.6) is 0 Å². The van der Waals surface area contributed by atoms with Crippen LogP contribution in [0.1, 0.15) is 38.9 Å². The van der Waals surface area contributed by atoms with E-state index in [0.717, 1.165) is 40.5 Å². The van der Waals surface area contributed by atoms with Gasteiger partial charge in [0.1, 0.15) is 10.7 Å². The number of para-hydroxylation sites is 1. The Balaban J connectivity index is 1.19. The molecule has 0 aliphatic heterocycles. The van der Waals surface area contributed by atoms with Crippen molar-refractivity contribution in [2.75, 3.05) is 6.54 Å². The van der Waals surface area contributed by atoms with Crippen molar-refractivity contribution in [2.45, 2.75) is 32.1 Å². The van der Waals surface area contributed by atoms with Gasteiger partial charge in [0.05, 0.1) is 22.6 Å². The molecule has 3 heterocycles. The second-order valence-corrected chi connectivity index (χ2v) is 9.26. The van der Waals surface area contributed by atoms with E-state index in [9.17, 15) is 4.79 Å². The molecule has 5 rings (SSSR count). The third-order valence-electron chi connectivity index (χ3n) is 5.10. The van der Waals surface area contributed by atoms with Gasteiger partial charge in [-0.15, -0.1) is 22.7 Å². The molecular formula is C22H21N5OS2. The molecule has 0 saturated carbocycles. The smallest absolute Gasteiger partial charge is 0.270 e. The zero-order valence-electron chi connectivity index (χ0n) is 16.4. The lowest BCUT2D eigenvalue weighted by molar-refractivity contribution is 0.0950. The summed E-state index contributed by atoms with van der Waals surface area (Å²) in [4.78, 5) is 23.2. The fraction of sp³-hybridized carbons (Fsp3) is 0.273. The number of amides is 1. The molecule has 1 aliphatic carbocycles. The lowest BCUT2D eigenvalue weighted by atomic mass is 10.0. The SMILES string of the molecule is O=C(NCCc1nc2c(s1)CCCC2)c1csc(-c2cnn(-c3ccccc3)c2)n1. The molecule has 0 saturated heterocycles. The quantitative estimate of drug-likeness (QED) is 0.490. The van der Waals surface area contributed by atoms with Crippen LogP contribution in [0.4, 0.5) is 0 Å². The maximum Gasteiger partial charge on any atom is 0.270 e. The van der Waals surface area contributed by atoms with Gasteiger partial charge in [-0.3, -0.25) is 4.79 Å². The predicted octanol–water partition coefficient (Wildman–Crippen LogP) is 4.30. The van der Waals surface area contributed by atoms with Gasteiger partial charge in [0, 0.05) is 35.0 Å². The zero-order valence-corrected chi connectivity index (χ0v) is 18.0. The number of aryl methyl sites for hydroxylation is 2. The van der Waals surface area contributed by atoms with Crippen molar-refractivity contribution in [3.63, 3.8) is 0 Å². The Kier molecular flexibility index (Phi) is 5.42. The summed E-state index contributed by atoms with van der Waals surface area (Å²) >= 11 is 3.25. The molecule has 1 aromatic carbocycles. The van der Waals surface area contributed by atoms with E-state index < -0.39 is 0 Å². The molecular weight excluding hydrogens is 414 g/mol. The first kappa shape index (κ1) is 19.1. The average molecular weight is 436 g/mol. The largest absolute Gasteiger partial charge is 0.350 e. The lowest BCUT2D eigenvalue weighted by Crippen LogP contribution is -2.25. The monoisotopic (exact) mass is 435 g/mol. The van der Waals surface area contributed by atoms with E-state index >= 15 is 0 Å². The van der Waals surface area contributed by atoms with E-state index in [2.05, 4.69) is 15.4 Å². The minimum absolute atomic E-state index is 0.144. The van der Waals surface area contributed by atoms with Gasteiger partial charge < -0.3 is 5.32 Å². The van der Waals surface area contributed by atoms with Gasteiger partial charge in [-0.05, 0) is 37.8 Å². The van der Waals surface area contributed by atoms with Crippen LogP contribution in [-0.4, -0.2) is 32.2 Å². The number of carbonyl (C=O) groups excluding carboxylic acids is 1. The van der Waals surface area contributed by atoms with Gasteiger partial charge in [0.2, 0.25) is 0 Å². The Morgan fingerprint density at radius 1 is 1.13 bits per heavy atom. The second kappa shape index (κ2) is 8.49. The number of hydrogen-bond acceptors (Lipinski definition) is 6. The number of fused-ring (bicyclic) bond motifs is 1. The van der Waals surface area contributed by atoms with E-state index in [1.165, 1.54) is 34.7 Å². The van der Waals surface area contributed by atoms with Crippen LogP contribution < -0.4 is 5.32 Å². The molecule has 3 aromatic heterocycles. The summed E-state index contributed by atoms with van der Waals surface area (Å²) in [6, 6.07) is 9.92. The van der Waals surface area contributed by atoms with Crippen LogP contribution in [-0.2, 0) is 19.3 Å². The summed E-state index contributed by atoms with van der Waals surface area (Å²) in [5.41, 5.74) is 3.60. The highest BCUT2D eigenvalue weighted by molar-refractivity contribution is 7.13. The molecule has 0 radical (unpaired) electrons. The van der Waals surface area contributed by atoms with Gasteiger partial charge in [-0.2, -0.15) is 5.10 Å². The van der Waals surface area contributed by atoms with Crippen LogP contribution in [0.15, 0.2) is 48.1 Å². The summed E-state index contributed by atoms with van der Waals surface area (Å²) in [6.45, 7) is 0.573. The predicted molar refractivity (Wildman–Crippen MR) is 119 cm³/mol. The Bertz CT molecular complexity index is 1140. The first-order valence-electron chi connectivity index (χ1n) is 10.1. The molecule has 0 fully saturated rings. The average Bonchev–Trinajstić information content (AvgIpc) is 3.52. The van der Waals surface area contributed by atoms with Crippen LogP contribution in [0.25, 0.3) is 16.3 Å². The summed E-state index contributed by atoms with van der Waals surface area (Å²) in [6.07, 6.45) is 9.23. The van der Waals surface area contributed by atoms with Crippen molar-refractivity contribution in [3.05, 3.63) is 69.4 Å². The van der Waals surface area contributed by atoms with Gasteiger partial charge >= 0.3 is 0 Å². The number of carbonyl (C=O) groups is 1. The van der Waals surface area contributed by atoms with Gasteiger partial charge in [-0.1, -0.05) is 18.2 Å². The number of nitrogens with one attached hydrogen (secondary N) is 1. The Morgan fingerprint density at radius 3 is 2.87 bits per heavy atom. The van der Waals surface area contributed by atoms with Gasteiger partial charge in [0.25, 0.3) is 5.91 Å². The van der Waals surface area contributed by atoms with E-state index in [0.29, 0.717) is 12.2 Å². The minimum Gasteiger partial charge on any atom is -0.350 e. The van der Waals surface area contributed by atoms with Crippen molar-refractivity contribution in [2.24, 2.45) is 0 Å². The van der Waals surface area contributed by atoms with Gasteiger partial charge in [-0.25, -0.2) is 14.6 Å². The number of aromatic nitrogens is 4. The molecule has 0 spiro atoms. The number of benzene rings is 1. The molecule has 6 nitrogen and oxygen atoms in total. The fourth-order valence-electron chi connectivity index (χ4n) is 3.55. The minimum atomic E-state index is -0.144. The van der Waals surface area contributed by atoms with Crippen molar-refractivity contribution in [1.82, 2.24) is 25.1 Å².